The lowest BCUT2D eigenvalue weighted by molar-refractivity contribution is -0.0227. The van der Waals surface area contributed by atoms with E-state index in [1.807, 2.05) is 0 Å². The van der Waals surface area contributed by atoms with E-state index in [-0.39, 0.29) is 12.2 Å². The molecular weight excluding hydrogens is 407 g/mol. The Balaban J connectivity index is 1.70. The predicted octanol–water partition coefficient (Wildman–Crippen LogP) is 4.32. The number of benzene rings is 1. The highest BCUT2D eigenvalue weighted by Gasteiger charge is 2.28. The molecule has 1 aliphatic carbocycles. The smallest absolute Gasteiger partial charge is 0.259 e. The average Bonchev–Trinajstić information content (AvgIpc) is 3.08. The molecule has 3 aromatic rings. The lowest BCUT2D eigenvalue weighted by Gasteiger charge is -2.31. The Bertz CT molecular complexity index is 1090. The molecule has 0 saturated heterocycles. The number of carbonyl (C=O) groups is 1. The van der Waals surface area contributed by atoms with Crippen molar-refractivity contribution in [1.29, 1.82) is 0 Å². The number of hydrogen-bond donors (Lipinski definition) is 2. The third kappa shape index (κ3) is 3.95. The minimum atomic E-state index is -0.504. The van der Waals surface area contributed by atoms with E-state index >= 15 is 0 Å². The summed E-state index contributed by atoms with van der Waals surface area (Å²) in [5.74, 6) is -0.00517. The van der Waals surface area contributed by atoms with Gasteiger partial charge in [-0.3, -0.25) is 4.79 Å². The number of halogens is 1. The van der Waals surface area contributed by atoms with E-state index in [4.69, 9.17) is 15.2 Å². The van der Waals surface area contributed by atoms with Crippen molar-refractivity contribution in [3.8, 4) is 5.75 Å². The zero-order valence-electron chi connectivity index (χ0n) is 16.8. The van der Waals surface area contributed by atoms with Crippen molar-refractivity contribution < 1.29 is 18.7 Å². The highest BCUT2D eigenvalue weighted by molar-refractivity contribution is 7.20. The summed E-state index contributed by atoms with van der Waals surface area (Å²) in [5, 5.41) is 3.94. The van der Waals surface area contributed by atoms with Crippen molar-refractivity contribution in [2.75, 3.05) is 12.4 Å². The number of methoxy groups -OCH3 is 1. The summed E-state index contributed by atoms with van der Waals surface area (Å²) in [4.78, 5) is 21.4. The molecule has 2 aromatic heterocycles. The number of thiophene rings is 1. The van der Waals surface area contributed by atoms with Crippen molar-refractivity contribution in [3.05, 3.63) is 40.8 Å². The van der Waals surface area contributed by atoms with Crippen LogP contribution in [0.25, 0.3) is 10.2 Å². The van der Waals surface area contributed by atoms with Gasteiger partial charge >= 0.3 is 0 Å². The van der Waals surface area contributed by atoms with E-state index in [1.54, 1.807) is 20.1 Å². The number of nitrogens with two attached hydrogens (primary N) is 1. The molecule has 2 heterocycles. The second kappa shape index (κ2) is 8.53. The number of fused-ring (bicyclic) bond motifs is 1. The number of nitrogens with zero attached hydrogens (tertiary/aromatic N) is 2. The van der Waals surface area contributed by atoms with E-state index in [0.29, 0.717) is 37.9 Å². The Morgan fingerprint density at radius 3 is 2.77 bits per heavy atom. The number of carbonyl (C=O) groups excluding carboxylic acids is 1. The average molecular weight is 431 g/mol. The fourth-order valence-electron chi connectivity index (χ4n) is 3.86. The second-order valence-electron chi connectivity index (χ2n) is 7.30. The molecule has 1 fully saturated rings. The largest absolute Gasteiger partial charge is 0.485 e. The van der Waals surface area contributed by atoms with E-state index in [2.05, 4.69) is 15.3 Å². The van der Waals surface area contributed by atoms with Crippen molar-refractivity contribution in [2.45, 2.75) is 44.8 Å². The zero-order chi connectivity index (χ0) is 21.3. The molecule has 0 unspecified atom stereocenters. The fraction of sp³-hybridized carbons (Fsp3) is 0.381. The lowest BCUT2D eigenvalue weighted by atomic mass is 9.94. The van der Waals surface area contributed by atoms with Crippen LogP contribution in [0.3, 0.4) is 0 Å². The first kappa shape index (κ1) is 20.5. The van der Waals surface area contributed by atoms with Gasteiger partial charge in [0.2, 0.25) is 0 Å². The summed E-state index contributed by atoms with van der Waals surface area (Å²) in [7, 11) is 1.67. The van der Waals surface area contributed by atoms with Crippen LogP contribution in [0.4, 0.5) is 15.9 Å². The van der Waals surface area contributed by atoms with Gasteiger partial charge in [0, 0.05) is 13.2 Å². The van der Waals surface area contributed by atoms with Gasteiger partial charge in [-0.1, -0.05) is 6.42 Å². The van der Waals surface area contributed by atoms with Crippen LogP contribution in [-0.2, 0) is 4.74 Å². The molecule has 2 atom stereocenters. The van der Waals surface area contributed by atoms with Crippen LogP contribution in [0.2, 0.25) is 0 Å². The summed E-state index contributed by atoms with van der Waals surface area (Å²) in [6.07, 6.45) is 5.12. The Kier molecular flexibility index (Phi) is 5.83. The third-order valence-electron chi connectivity index (χ3n) is 5.37. The quantitative estimate of drug-likeness (QED) is 0.604. The normalized spacial score (nSPS) is 19.0. The Morgan fingerprint density at radius 2 is 2.03 bits per heavy atom. The van der Waals surface area contributed by atoms with Crippen molar-refractivity contribution in [2.24, 2.45) is 5.73 Å². The van der Waals surface area contributed by atoms with E-state index in [0.717, 1.165) is 25.7 Å². The van der Waals surface area contributed by atoms with Gasteiger partial charge in [0.25, 0.3) is 5.91 Å². The first-order chi connectivity index (χ1) is 14.5. The van der Waals surface area contributed by atoms with Gasteiger partial charge in [-0.15, -0.1) is 11.3 Å². The number of nitrogens with one attached hydrogen (secondary N) is 1. The summed E-state index contributed by atoms with van der Waals surface area (Å²) in [6, 6.07) is 4.33. The predicted molar refractivity (Wildman–Crippen MR) is 114 cm³/mol. The number of anilines is 2. The molecule has 1 aromatic carbocycles. The van der Waals surface area contributed by atoms with Crippen LogP contribution in [0, 0.1) is 12.7 Å². The standard InChI is InChI=1S/C21H23FN4O3S/c1-11-17-20(24-10-25-21(17)30-18(11)19(23)27)26-13-8-7-12(22)9-16(13)29-15-6-4-3-5-14(15)28-2/h7-10,14-15H,3-6H2,1-2H3,(H2,23,27)(H,24,25,26)/t14-,15+/m0/s1. The Labute approximate surface area is 177 Å². The maximum atomic E-state index is 14.0. The maximum absolute atomic E-state index is 14.0. The molecule has 7 nitrogen and oxygen atoms in total. The summed E-state index contributed by atoms with van der Waals surface area (Å²) < 4.78 is 25.8. The highest BCUT2D eigenvalue weighted by atomic mass is 32.1. The van der Waals surface area contributed by atoms with Crippen LogP contribution in [0.1, 0.15) is 40.9 Å². The Hall–Kier alpha value is -2.78. The number of ether oxygens (including phenoxy) is 2. The monoisotopic (exact) mass is 430 g/mol. The van der Waals surface area contributed by atoms with Crippen molar-refractivity contribution >= 4 is 39.0 Å². The summed E-state index contributed by atoms with van der Waals surface area (Å²) in [6.45, 7) is 1.81. The number of primary amides is 1. The first-order valence-corrected chi connectivity index (χ1v) is 10.6. The van der Waals surface area contributed by atoms with Gasteiger partial charge in [0.15, 0.2) is 0 Å². The Morgan fingerprint density at radius 1 is 1.27 bits per heavy atom. The van der Waals surface area contributed by atoms with Crippen LogP contribution in [-0.4, -0.2) is 35.2 Å². The molecule has 1 aliphatic rings. The van der Waals surface area contributed by atoms with E-state index < -0.39 is 11.7 Å². The summed E-state index contributed by atoms with van der Waals surface area (Å²) >= 11 is 1.22. The summed E-state index contributed by atoms with van der Waals surface area (Å²) in [5.41, 5.74) is 6.76. The number of aromatic nitrogens is 2. The number of rotatable bonds is 6. The van der Waals surface area contributed by atoms with Gasteiger partial charge in [0.05, 0.1) is 22.1 Å². The molecule has 0 aliphatic heterocycles. The molecule has 158 valence electrons. The van der Waals surface area contributed by atoms with Crippen LogP contribution in [0.5, 0.6) is 5.75 Å². The van der Waals surface area contributed by atoms with Gasteiger partial charge in [0.1, 0.15) is 34.6 Å². The minimum Gasteiger partial charge on any atom is -0.485 e. The number of aryl methyl sites for hydroxylation is 1. The maximum Gasteiger partial charge on any atom is 0.259 e. The lowest BCUT2D eigenvalue weighted by Crippen LogP contribution is -2.36. The fourth-order valence-corrected chi connectivity index (χ4v) is 4.86. The second-order valence-corrected chi connectivity index (χ2v) is 8.30. The topological polar surface area (TPSA) is 99.4 Å². The molecule has 1 amide bonds. The molecule has 0 radical (unpaired) electrons. The van der Waals surface area contributed by atoms with Crippen molar-refractivity contribution in [3.63, 3.8) is 0 Å². The van der Waals surface area contributed by atoms with Gasteiger partial charge < -0.3 is 20.5 Å². The molecule has 1 saturated carbocycles. The van der Waals surface area contributed by atoms with Crippen LogP contribution in [0.15, 0.2) is 24.5 Å². The minimum absolute atomic E-state index is 0.0298. The molecule has 4 rings (SSSR count). The SMILES string of the molecule is CO[C@H]1CCCC[C@H]1Oc1cc(F)ccc1Nc1ncnc2sc(C(N)=O)c(C)c12. The van der Waals surface area contributed by atoms with E-state index in [9.17, 15) is 9.18 Å². The van der Waals surface area contributed by atoms with Crippen LogP contribution >= 0.6 is 11.3 Å². The highest BCUT2D eigenvalue weighted by Crippen LogP contribution is 2.37. The van der Waals surface area contributed by atoms with E-state index in [1.165, 1.54) is 29.8 Å². The molecule has 30 heavy (non-hydrogen) atoms. The molecule has 3 N–H and O–H groups in total. The number of amides is 1. The molecule has 9 heteroatoms. The van der Waals surface area contributed by atoms with Crippen LogP contribution < -0.4 is 15.8 Å². The molecular formula is C21H23FN4O3S. The van der Waals surface area contributed by atoms with Gasteiger partial charge in [-0.2, -0.15) is 0 Å². The van der Waals surface area contributed by atoms with Gasteiger partial charge in [-0.05, 0) is 43.9 Å². The van der Waals surface area contributed by atoms with Gasteiger partial charge in [-0.25, -0.2) is 14.4 Å². The first-order valence-electron chi connectivity index (χ1n) is 9.78. The van der Waals surface area contributed by atoms with Crippen molar-refractivity contribution in [1.82, 2.24) is 9.97 Å². The number of hydrogen-bond acceptors (Lipinski definition) is 7. The zero-order valence-corrected chi connectivity index (χ0v) is 17.6. The molecule has 0 bridgehead atoms. The molecule has 0 spiro atoms. The third-order valence-corrected chi connectivity index (χ3v) is 6.58.